The SMILES string of the molecule is COc1ccc(/C=C(\C)C(=O)c2cc(OC)c(OC)c([Se]C)c2)cc1C. The minimum atomic E-state index is -0.0232. The van der Waals surface area contributed by atoms with E-state index in [-0.39, 0.29) is 20.7 Å². The molecule has 0 saturated heterocycles. The van der Waals surface area contributed by atoms with Gasteiger partial charge in [0.1, 0.15) is 0 Å². The van der Waals surface area contributed by atoms with Gasteiger partial charge in [0.25, 0.3) is 0 Å². The fourth-order valence-electron chi connectivity index (χ4n) is 2.75. The normalized spacial score (nSPS) is 11.2. The van der Waals surface area contributed by atoms with Gasteiger partial charge in [0.2, 0.25) is 0 Å². The number of carbonyl (C=O) groups is 1. The van der Waals surface area contributed by atoms with Gasteiger partial charge in [-0.05, 0) is 0 Å². The van der Waals surface area contributed by atoms with Gasteiger partial charge < -0.3 is 0 Å². The summed E-state index contributed by atoms with van der Waals surface area (Å²) in [4.78, 5) is 12.9. The van der Waals surface area contributed by atoms with E-state index in [1.807, 2.05) is 44.2 Å². The maximum absolute atomic E-state index is 12.9. The first-order valence-corrected chi connectivity index (χ1v) is 10.7. The molecule has 0 aliphatic carbocycles. The van der Waals surface area contributed by atoms with Gasteiger partial charge in [0.05, 0.1) is 0 Å². The number of carbonyl (C=O) groups excluding carboxylic acids is 1. The number of ketones is 1. The number of methoxy groups -OCH3 is 3. The minimum absolute atomic E-state index is 0.0232. The van der Waals surface area contributed by atoms with Crippen LogP contribution >= 0.6 is 0 Å². The van der Waals surface area contributed by atoms with Gasteiger partial charge in [-0.15, -0.1) is 0 Å². The molecule has 0 heterocycles. The average Bonchev–Trinajstić information content (AvgIpc) is 2.66. The van der Waals surface area contributed by atoms with Crippen LogP contribution in [0.2, 0.25) is 5.82 Å². The van der Waals surface area contributed by atoms with Gasteiger partial charge in [0, 0.05) is 0 Å². The van der Waals surface area contributed by atoms with E-state index in [9.17, 15) is 4.79 Å². The maximum atomic E-state index is 12.9. The molecule has 2 rings (SSSR count). The Morgan fingerprint density at radius 1 is 1.00 bits per heavy atom. The zero-order valence-corrected chi connectivity index (χ0v) is 17.7. The second kappa shape index (κ2) is 8.93. The van der Waals surface area contributed by atoms with Gasteiger partial charge in [-0.2, -0.15) is 0 Å². The topological polar surface area (TPSA) is 44.8 Å². The van der Waals surface area contributed by atoms with Crippen molar-refractivity contribution in [1.29, 1.82) is 0 Å². The number of hydrogen-bond acceptors (Lipinski definition) is 4. The van der Waals surface area contributed by atoms with Crippen molar-refractivity contribution in [3.8, 4) is 17.2 Å². The van der Waals surface area contributed by atoms with Crippen LogP contribution in [0.4, 0.5) is 0 Å². The molecule has 0 aliphatic heterocycles. The number of benzene rings is 2. The molecule has 0 atom stereocenters. The Labute approximate surface area is 161 Å². The zero-order chi connectivity index (χ0) is 19.3. The number of aryl methyl sites for hydroxylation is 1. The van der Waals surface area contributed by atoms with Crippen LogP contribution in [-0.2, 0) is 0 Å². The summed E-state index contributed by atoms with van der Waals surface area (Å²) in [5.41, 5.74) is 3.27. The molecule has 0 fully saturated rings. The summed E-state index contributed by atoms with van der Waals surface area (Å²) < 4.78 is 17.1. The fourth-order valence-corrected chi connectivity index (χ4v) is 4.04. The predicted molar refractivity (Wildman–Crippen MR) is 107 cm³/mol. The van der Waals surface area contributed by atoms with Crippen LogP contribution < -0.4 is 18.7 Å². The molecule has 5 heteroatoms. The predicted octanol–water partition coefficient (Wildman–Crippen LogP) is 3.68. The van der Waals surface area contributed by atoms with E-state index in [4.69, 9.17) is 14.2 Å². The second-order valence-electron chi connectivity index (χ2n) is 5.80. The van der Waals surface area contributed by atoms with Crippen LogP contribution in [0.15, 0.2) is 35.9 Å². The third kappa shape index (κ3) is 4.29. The Kier molecular flexibility index (Phi) is 6.90. The monoisotopic (exact) mass is 420 g/mol. The van der Waals surface area contributed by atoms with Gasteiger partial charge in [-0.1, -0.05) is 0 Å². The van der Waals surface area contributed by atoms with E-state index >= 15 is 0 Å². The first-order chi connectivity index (χ1) is 12.4. The van der Waals surface area contributed by atoms with Crippen LogP contribution in [0.1, 0.15) is 28.4 Å². The Morgan fingerprint density at radius 3 is 2.23 bits per heavy atom. The molecule has 4 nitrogen and oxygen atoms in total. The Bertz CT molecular complexity index is 815. The molecule has 2 aromatic rings. The molecule has 2 aromatic carbocycles. The molecule has 0 aliphatic rings. The number of rotatable bonds is 7. The summed E-state index contributed by atoms with van der Waals surface area (Å²) in [6, 6.07) is 9.50. The van der Waals surface area contributed by atoms with Crippen LogP contribution in [0, 0.1) is 6.92 Å². The first kappa shape index (κ1) is 20.1. The van der Waals surface area contributed by atoms with Gasteiger partial charge >= 0.3 is 161 Å². The molecule has 0 spiro atoms. The van der Waals surface area contributed by atoms with Crippen molar-refractivity contribution in [2.45, 2.75) is 19.7 Å². The van der Waals surface area contributed by atoms with E-state index in [0.717, 1.165) is 21.3 Å². The molecule has 26 heavy (non-hydrogen) atoms. The van der Waals surface area contributed by atoms with Crippen molar-refractivity contribution in [2.75, 3.05) is 21.3 Å². The van der Waals surface area contributed by atoms with Crippen LogP contribution in [0.3, 0.4) is 0 Å². The fraction of sp³-hybridized carbons (Fsp3) is 0.286. The molecule has 0 N–H and O–H groups in total. The third-order valence-electron chi connectivity index (χ3n) is 4.09. The van der Waals surface area contributed by atoms with E-state index in [2.05, 4.69) is 5.82 Å². The number of hydrogen-bond donors (Lipinski definition) is 0. The van der Waals surface area contributed by atoms with Crippen molar-refractivity contribution in [1.82, 2.24) is 0 Å². The molecule has 0 amide bonds. The molecular formula is C21H24O4Se. The molecule has 0 aromatic heterocycles. The molecule has 0 radical (unpaired) electrons. The Hall–Kier alpha value is -2.23. The standard InChI is InChI=1S/C21H24O4Se/c1-13-9-15(7-8-17(13)23-3)10-14(2)20(22)16-11-18(24-4)21(25-5)19(12-16)26-6/h7-12H,1-6H3/b14-10+. The van der Waals surface area contributed by atoms with Crippen LogP contribution in [0.5, 0.6) is 17.2 Å². The van der Waals surface area contributed by atoms with E-state index in [0.29, 0.717) is 22.6 Å². The summed E-state index contributed by atoms with van der Waals surface area (Å²) in [6.45, 7) is 3.81. The van der Waals surface area contributed by atoms with Crippen LogP contribution in [0.25, 0.3) is 6.08 Å². The summed E-state index contributed by atoms with van der Waals surface area (Å²) in [6.07, 6.45) is 1.89. The number of Topliss-reactive ketones (excluding diaryl/α,β-unsaturated/α-hetero) is 1. The molecule has 0 saturated carbocycles. The summed E-state index contributed by atoms with van der Waals surface area (Å²) in [5.74, 6) is 4.19. The van der Waals surface area contributed by atoms with E-state index < -0.39 is 0 Å². The summed E-state index contributed by atoms with van der Waals surface area (Å²) >= 11 is 0.180. The molecule has 0 bridgehead atoms. The number of allylic oxidation sites excluding steroid dienone is 1. The van der Waals surface area contributed by atoms with Crippen molar-refractivity contribution in [3.63, 3.8) is 0 Å². The van der Waals surface area contributed by atoms with Gasteiger partial charge in [-0.3, -0.25) is 0 Å². The van der Waals surface area contributed by atoms with Gasteiger partial charge in [-0.25, -0.2) is 0 Å². The zero-order valence-electron chi connectivity index (χ0n) is 16.0. The van der Waals surface area contributed by atoms with E-state index in [1.165, 1.54) is 0 Å². The average molecular weight is 419 g/mol. The third-order valence-corrected chi connectivity index (χ3v) is 5.65. The number of ether oxygens (including phenoxy) is 3. The van der Waals surface area contributed by atoms with Crippen molar-refractivity contribution >= 4 is 31.3 Å². The Morgan fingerprint density at radius 2 is 1.69 bits per heavy atom. The Balaban J connectivity index is 2.40. The van der Waals surface area contributed by atoms with E-state index in [1.54, 1.807) is 27.4 Å². The van der Waals surface area contributed by atoms with Crippen LogP contribution in [-0.4, -0.2) is 42.1 Å². The van der Waals surface area contributed by atoms with Crippen molar-refractivity contribution in [2.24, 2.45) is 0 Å². The second-order valence-corrected chi connectivity index (χ2v) is 7.58. The van der Waals surface area contributed by atoms with Crippen molar-refractivity contribution < 1.29 is 19.0 Å². The molecule has 0 unspecified atom stereocenters. The quantitative estimate of drug-likeness (QED) is 0.390. The molecule has 138 valence electrons. The summed E-state index contributed by atoms with van der Waals surface area (Å²) in [7, 11) is 4.85. The first-order valence-electron chi connectivity index (χ1n) is 8.12. The van der Waals surface area contributed by atoms with Crippen molar-refractivity contribution in [3.05, 3.63) is 52.6 Å². The summed E-state index contributed by atoms with van der Waals surface area (Å²) in [5, 5.41) is 0. The molecular weight excluding hydrogens is 395 g/mol. The van der Waals surface area contributed by atoms with Gasteiger partial charge in [0.15, 0.2) is 0 Å².